The van der Waals surface area contributed by atoms with E-state index in [2.05, 4.69) is 10.3 Å². The van der Waals surface area contributed by atoms with Crippen LogP contribution in [-0.2, 0) is 0 Å². The van der Waals surface area contributed by atoms with Crippen LogP contribution in [0.3, 0.4) is 0 Å². The number of nitrogens with one attached hydrogen (secondary N) is 1. The van der Waals surface area contributed by atoms with Gasteiger partial charge in [-0.1, -0.05) is 0 Å². The van der Waals surface area contributed by atoms with Crippen molar-refractivity contribution in [3.63, 3.8) is 0 Å². The third-order valence-electron chi connectivity index (χ3n) is 2.30. The highest BCUT2D eigenvalue weighted by atomic mass is 16.5. The minimum atomic E-state index is -0.239. The maximum Gasteiger partial charge on any atom is 0.215 e. The molecule has 1 heterocycles. The van der Waals surface area contributed by atoms with Crippen molar-refractivity contribution in [1.82, 2.24) is 4.98 Å². The van der Waals surface area contributed by atoms with E-state index in [1.54, 1.807) is 0 Å². The molecular formula is C13H20N2O2. The summed E-state index contributed by atoms with van der Waals surface area (Å²) in [7, 11) is 1.84. The Morgan fingerprint density at radius 2 is 2.00 bits per heavy atom. The van der Waals surface area contributed by atoms with E-state index in [1.165, 1.54) is 0 Å². The summed E-state index contributed by atoms with van der Waals surface area (Å²) in [6.07, 6.45) is 2.66. The molecule has 4 nitrogen and oxygen atoms in total. The summed E-state index contributed by atoms with van der Waals surface area (Å²) in [6, 6.07) is 3.77. The lowest BCUT2D eigenvalue weighted by molar-refractivity contribution is 0.124. The molecule has 17 heavy (non-hydrogen) atoms. The predicted octanol–water partition coefficient (Wildman–Crippen LogP) is 2.84. The summed E-state index contributed by atoms with van der Waals surface area (Å²) in [4.78, 5) is 4.40. The molecule has 1 saturated carbocycles. The van der Waals surface area contributed by atoms with Gasteiger partial charge in [0.15, 0.2) is 11.6 Å². The number of rotatable bonds is 4. The number of nitrogens with zero attached hydrogens (tertiary/aromatic N) is 1. The number of aromatic nitrogens is 1. The van der Waals surface area contributed by atoms with Crippen molar-refractivity contribution >= 4 is 5.82 Å². The zero-order valence-corrected chi connectivity index (χ0v) is 10.9. The number of hydrogen-bond acceptors (Lipinski definition) is 4. The molecule has 0 spiro atoms. The average Bonchev–Trinajstić information content (AvgIpc) is 3.02. The first kappa shape index (κ1) is 12.0. The van der Waals surface area contributed by atoms with Crippen LogP contribution in [0.1, 0.15) is 33.6 Å². The minimum absolute atomic E-state index is 0.239. The third-order valence-corrected chi connectivity index (χ3v) is 2.30. The topological polar surface area (TPSA) is 43.4 Å². The van der Waals surface area contributed by atoms with Gasteiger partial charge >= 0.3 is 0 Å². The van der Waals surface area contributed by atoms with E-state index in [4.69, 9.17) is 9.47 Å². The molecule has 0 aromatic carbocycles. The first-order chi connectivity index (χ1) is 7.98. The summed E-state index contributed by atoms with van der Waals surface area (Å²) in [5.41, 5.74) is -0.239. The van der Waals surface area contributed by atoms with E-state index in [9.17, 15) is 0 Å². The van der Waals surface area contributed by atoms with E-state index in [-0.39, 0.29) is 5.60 Å². The van der Waals surface area contributed by atoms with E-state index in [1.807, 2.05) is 40.0 Å². The fraction of sp³-hybridized carbons (Fsp3) is 0.615. The Bertz CT molecular complexity index is 395. The largest absolute Gasteiger partial charge is 0.487 e. The number of ether oxygens (including phenoxy) is 2. The van der Waals surface area contributed by atoms with Gasteiger partial charge in [0, 0.05) is 13.1 Å². The number of anilines is 1. The van der Waals surface area contributed by atoms with Crippen molar-refractivity contribution in [2.24, 2.45) is 0 Å². The Morgan fingerprint density at radius 3 is 2.53 bits per heavy atom. The molecule has 0 unspecified atom stereocenters. The van der Waals surface area contributed by atoms with Crippen LogP contribution in [-0.4, -0.2) is 23.7 Å². The van der Waals surface area contributed by atoms with Gasteiger partial charge in [-0.2, -0.15) is 4.98 Å². The maximum atomic E-state index is 5.75. The number of hydrogen-bond donors (Lipinski definition) is 1. The normalized spacial score (nSPS) is 15.5. The van der Waals surface area contributed by atoms with Crippen LogP contribution in [0.2, 0.25) is 0 Å². The third kappa shape index (κ3) is 3.51. The van der Waals surface area contributed by atoms with Gasteiger partial charge in [0.2, 0.25) is 5.88 Å². The van der Waals surface area contributed by atoms with Gasteiger partial charge in [-0.25, -0.2) is 0 Å². The van der Waals surface area contributed by atoms with Crippen LogP contribution in [0.25, 0.3) is 0 Å². The minimum Gasteiger partial charge on any atom is -0.487 e. The maximum absolute atomic E-state index is 5.75. The van der Waals surface area contributed by atoms with Crippen molar-refractivity contribution in [1.29, 1.82) is 0 Å². The highest BCUT2D eigenvalue weighted by Crippen LogP contribution is 2.32. The lowest BCUT2D eigenvalue weighted by Crippen LogP contribution is -2.23. The van der Waals surface area contributed by atoms with E-state index >= 15 is 0 Å². The summed E-state index contributed by atoms with van der Waals surface area (Å²) in [5.74, 6) is 2.15. The van der Waals surface area contributed by atoms with Crippen molar-refractivity contribution in [2.75, 3.05) is 12.4 Å². The molecule has 94 valence electrons. The standard InChI is InChI=1S/C13H20N2O2/c1-13(2,3)17-11-8-7-10(12(14-4)15-11)16-9-5-6-9/h7-9H,5-6H2,1-4H3,(H,14,15). The van der Waals surface area contributed by atoms with Crippen LogP contribution in [0.15, 0.2) is 12.1 Å². The molecule has 0 atom stereocenters. The molecule has 1 aliphatic carbocycles. The fourth-order valence-corrected chi connectivity index (χ4v) is 1.44. The van der Waals surface area contributed by atoms with Gasteiger partial charge in [0.1, 0.15) is 5.60 Å². The molecular weight excluding hydrogens is 216 g/mol. The summed E-state index contributed by atoms with van der Waals surface area (Å²) in [6.45, 7) is 6.01. The number of pyridine rings is 1. The molecule has 1 N–H and O–H groups in total. The van der Waals surface area contributed by atoms with Crippen LogP contribution in [0, 0.1) is 0 Å². The Hall–Kier alpha value is -1.45. The molecule has 1 fully saturated rings. The first-order valence-electron chi connectivity index (χ1n) is 6.02. The fourth-order valence-electron chi connectivity index (χ4n) is 1.44. The van der Waals surface area contributed by atoms with Crippen LogP contribution in [0.4, 0.5) is 5.82 Å². The molecule has 0 amide bonds. The van der Waals surface area contributed by atoms with Gasteiger partial charge in [-0.05, 0) is 39.7 Å². The highest BCUT2D eigenvalue weighted by Gasteiger charge is 2.25. The van der Waals surface area contributed by atoms with E-state index < -0.39 is 0 Å². The van der Waals surface area contributed by atoms with Crippen LogP contribution >= 0.6 is 0 Å². The molecule has 0 aliphatic heterocycles. The molecule has 1 aliphatic rings. The smallest absolute Gasteiger partial charge is 0.215 e. The van der Waals surface area contributed by atoms with Gasteiger partial charge in [-0.15, -0.1) is 0 Å². The van der Waals surface area contributed by atoms with Gasteiger partial charge in [0.25, 0.3) is 0 Å². The highest BCUT2D eigenvalue weighted by molar-refractivity contribution is 5.51. The predicted molar refractivity (Wildman–Crippen MR) is 67.8 cm³/mol. The van der Waals surface area contributed by atoms with Crippen LogP contribution < -0.4 is 14.8 Å². The van der Waals surface area contributed by atoms with Gasteiger partial charge in [0.05, 0.1) is 6.10 Å². The molecule has 4 heteroatoms. The van der Waals surface area contributed by atoms with Gasteiger partial charge in [-0.3, -0.25) is 0 Å². The summed E-state index contributed by atoms with van der Waals surface area (Å²) in [5, 5.41) is 3.04. The van der Waals surface area contributed by atoms with Crippen molar-refractivity contribution in [3.8, 4) is 11.6 Å². The zero-order chi connectivity index (χ0) is 12.5. The zero-order valence-electron chi connectivity index (χ0n) is 10.9. The molecule has 2 rings (SSSR count). The van der Waals surface area contributed by atoms with Gasteiger partial charge < -0.3 is 14.8 Å². The Morgan fingerprint density at radius 1 is 1.29 bits per heavy atom. The first-order valence-corrected chi connectivity index (χ1v) is 6.02. The lowest BCUT2D eigenvalue weighted by atomic mass is 10.2. The molecule has 0 bridgehead atoms. The Labute approximate surface area is 102 Å². The second-order valence-electron chi connectivity index (χ2n) is 5.28. The molecule has 0 saturated heterocycles. The van der Waals surface area contributed by atoms with Crippen molar-refractivity contribution in [2.45, 2.75) is 45.3 Å². The van der Waals surface area contributed by atoms with E-state index in [0.717, 1.165) is 24.4 Å². The van der Waals surface area contributed by atoms with E-state index in [0.29, 0.717) is 12.0 Å². The quantitative estimate of drug-likeness (QED) is 0.873. The second kappa shape index (κ2) is 4.43. The monoisotopic (exact) mass is 236 g/mol. The Balaban J connectivity index is 2.14. The Kier molecular flexibility index (Phi) is 3.13. The molecule has 1 aromatic rings. The average molecular weight is 236 g/mol. The lowest BCUT2D eigenvalue weighted by Gasteiger charge is -2.21. The summed E-state index contributed by atoms with van der Waals surface area (Å²) < 4.78 is 11.5. The summed E-state index contributed by atoms with van der Waals surface area (Å²) >= 11 is 0. The SMILES string of the molecule is CNc1nc(OC(C)(C)C)ccc1OC1CC1. The molecule has 0 radical (unpaired) electrons. The second-order valence-corrected chi connectivity index (χ2v) is 5.28. The van der Waals surface area contributed by atoms with Crippen LogP contribution in [0.5, 0.6) is 11.6 Å². The molecule has 1 aromatic heterocycles. The van der Waals surface area contributed by atoms with Crippen molar-refractivity contribution < 1.29 is 9.47 Å². The van der Waals surface area contributed by atoms with Crippen molar-refractivity contribution in [3.05, 3.63) is 12.1 Å².